The molecule has 0 atom stereocenters. The fraction of sp³-hybridized carbons (Fsp3) is 0.250. The Balaban J connectivity index is 2.94. The van der Waals surface area contributed by atoms with E-state index in [-0.39, 0.29) is 12.5 Å². The van der Waals surface area contributed by atoms with Gasteiger partial charge in [-0.3, -0.25) is 0 Å². The molecule has 5 nitrogen and oxygen atoms in total. The van der Waals surface area contributed by atoms with Gasteiger partial charge in [0.25, 0.3) is 0 Å². The van der Waals surface area contributed by atoms with Crippen LogP contribution in [0.2, 0.25) is 0 Å². The summed E-state index contributed by atoms with van der Waals surface area (Å²) in [5.41, 5.74) is 5.23. The first-order valence-electron chi connectivity index (χ1n) is 2.47. The van der Waals surface area contributed by atoms with Gasteiger partial charge in [-0.25, -0.2) is 4.68 Å². The minimum atomic E-state index is 0.158. The Morgan fingerprint density at radius 3 is 2.90 bits per heavy atom. The number of nitrogen functional groups attached to an aromatic ring is 1. The molecule has 6 heteroatoms. The van der Waals surface area contributed by atoms with Crippen LogP contribution < -0.4 is 5.73 Å². The molecule has 2 N–H and O–H groups in total. The van der Waals surface area contributed by atoms with Crippen molar-refractivity contribution in [2.45, 2.75) is 6.54 Å². The molecule has 0 unspecified atom stereocenters. The van der Waals surface area contributed by atoms with Crippen LogP contribution in [0.4, 0.5) is 5.95 Å². The molecule has 1 aromatic rings. The van der Waals surface area contributed by atoms with E-state index in [2.05, 4.69) is 26.0 Å². The third kappa shape index (κ3) is 1.25. The van der Waals surface area contributed by atoms with Gasteiger partial charge in [0.1, 0.15) is 6.54 Å². The third-order valence-corrected chi connectivity index (χ3v) is 1.45. The fourth-order valence-electron chi connectivity index (χ4n) is 0.507. The standard InChI is InChI=1S/C4H4BrN5/c5-3-8-4(7)9-10(3)2-1-6/h2H2,(H2,7,9). The van der Waals surface area contributed by atoms with Crippen LogP contribution in [0.3, 0.4) is 0 Å². The Morgan fingerprint density at radius 1 is 1.80 bits per heavy atom. The molecule has 0 bridgehead atoms. The van der Waals surface area contributed by atoms with Crippen molar-refractivity contribution in [3.63, 3.8) is 0 Å². The largest absolute Gasteiger partial charge is 0.366 e. The summed E-state index contributed by atoms with van der Waals surface area (Å²) in [5.74, 6) is 0.169. The van der Waals surface area contributed by atoms with E-state index in [1.54, 1.807) is 0 Å². The first-order valence-corrected chi connectivity index (χ1v) is 3.26. The summed E-state index contributed by atoms with van der Waals surface area (Å²) in [5, 5.41) is 12.0. The van der Waals surface area contributed by atoms with Crippen molar-refractivity contribution >= 4 is 21.9 Å². The molecular weight excluding hydrogens is 198 g/mol. The second kappa shape index (κ2) is 2.66. The summed E-state index contributed by atoms with van der Waals surface area (Å²) in [7, 11) is 0. The number of hydrogen-bond donors (Lipinski definition) is 1. The molecule has 1 heterocycles. The van der Waals surface area contributed by atoms with Gasteiger partial charge in [-0.15, -0.1) is 5.10 Å². The van der Waals surface area contributed by atoms with Crippen molar-refractivity contribution in [3.8, 4) is 6.07 Å². The van der Waals surface area contributed by atoms with Crippen LogP contribution in [-0.2, 0) is 6.54 Å². The van der Waals surface area contributed by atoms with E-state index >= 15 is 0 Å². The van der Waals surface area contributed by atoms with E-state index < -0.39 is 0 Å². The van der Waals surface area contributed by atoms with Gasteiger partial charge >= 0.3 is 0 Å². The van der Waals surface area contributed by atoms with Gasteiger partial charge < -0.3 is 5.73 Å². The molecule has 1 aromatic heterocycles. The van der Waals surface area contributed by atoms with Crippen molar-refractivity contribution in [1.82, 2.24) is 14.8 Å². The predicted octanol–water partition coefficient (Wildman–Crippen LogP) is 0.146. The molecule has 0 aromatic carbocycles. The number of nitrogens with two attached hydrogens (primary N) is 1. The van der Waals surface area contributed by atoms with Crippen molar-refractivity contribution in [2.75, 3.05) is 5.73 Å². The lowest BCUT2D eigenvalue weighted by molar-refractivity contribution is 0.692. The second-order valence-electron chi connectivity index (χ2n) is 1.55. The van der Waals surface area contributed by atoms with E-state index in [9.17, 15) is 0 Å². The highest BCUT2D eigenvalue weighted by Crippen LogP contribution is 2.06. The highest BCUT2D eigenvalue weighted by molar-refractivity contribution is 9.10. The molecule has 0 aliphatic heterocycles. The zero-order chi connectivity index (χ0) is 7.56. The molecule has 0 amide bonds. The second-order valence-corrected chi connectivity index (χ2v) is 2.26. The average molecular weight is 202 g/mol. The van der Waals surface area contributed by atoms with Crippen LogP contribution >= 0.6 is 15.9 Å². The summed E-state index contributed by atoms with van der Waals surface area (Å²) in [4.78, 5) is 3.72. The molecule has 1 rings (SSSR count). The Hall–Kier alpha value is -1.09. The molecule has 0 saturated carbocycles. The number of rotatable bonds is 1. The van der Waals surface area contributed by atoms with Crippen LogP contribution in [0.5, 0.6) is 0 Å². The Kier molecular flexibility index (Phi) is 1.87. The molecular formula is C4H4BrN5. The topological polar surface area (TPSA) is 80.5 Å². The molecule has 0 fully saturated rings. The highest BCUT2D eigenvalue weighted by Gasteiger charge is 2.01. The normalized spacial score (nSPS) is 9.20. The smallest absolute Gasteiger partial charge is 0.240 e. The zero-order valence-electron chi connectivity index (χ0n) is 4.95. The van der Waals surface area contributed by atoms with Gasteiger partial charge in [0.2, 0.25) is 5.95 Å². The molecule has 0 spiro atoms. The number of nitrogens with zero attached hydrogens (tertiary/aromatic N) is 4. The van der Waals surface area contributed by atoms with Crippen LogP contribution in [0.1, 0.15) is 0 Å². The number of hydrogen-bond acceptors (Lipinski definition) is 4. The average Bonchev–Trinajstić information content (AvgIpc) is 2.13. The number of nitriles is 1. The van der Waals surface area contributed by atoms with Gasteiger partial charge in [-0.2, -0.15) is 10.2 Å². The lowest BCUT2D eigenvalue weighted by atomic mass is 10.7. The quantitative estimate of drug-likeness (QED) is 0.702. The van der Waals surface area contributed by atoms with Gasteiger partial charge in [-0.1, -0.05) is 0 Å². The van der Waals surface area contributed by atoms with E-state index in [1.165, 1.54) is 4.68 Å². The van der Waals surface area contributed by atoms with Crippen molar-refractivity contribution < 1.29 is 0 Å². The summed E-state index contributed by atoms with van der Waals surface area (Å²) >= 11 is 3.08. The maximum absolute atomic E-state index is 8.25. The zero-order valence-corrected chi connectivity index (χ0v) is 6.54. The molecule has 0 radical (unpaired) electrons. The number of anilines is 1. The van der Waals surface area contributed by atoms with Gasteiger partial charge in [-0.05, 0) is 15.9 Å². The van der Waals surface area contributed by atoms with Crippen LogP contribution in [0.25, 0.3) is 0 Å². The molecule has 0 aliphatic rings. The van der Waals surface area contributed by atoms with Gasteiger partial charge in [0.05, 0.1) is 6.07 Å². The first-order chi connectivity index (χ1) is 4.74. The lowest BCUT2D eigenvalue weighted by Crippen LogP contribution is -1.98. The molecule has 0 saturated heterocycles. The van der Waals surface area contributed by atoms with Crippen molar-refractivity contribution in [1.29, 1.82) is 5.26 Å². The van der Waals surface area contributed by atoms with E-state index in [0.717, 1.165) is 0 Å². The Morgan fingerprint density at radius 2 is 2.50 bits per heavy atom. The van der Waals surface area contributed by atoms with E-state index in [4.69, 9.17) is 11.0 Å². The summed E-state index contributed by atoms with van der Waals surface area (Å²) in [6.07, 6.45) is 0. The lowest BCUT2D eigenvalue weighted by Gasteiger charge is -1.88. The van der Waals surface area contributed by atoms with Crippen LogP contribution in [-0.4, -0.2) is 14.8 Å². The predicted molar refractivity (Wildman–Crippen MR) is 37.7 cm³/mol. The van der Waals surface area contributed by atoms with Gasteiger partial charge in [0.15, 0.2) is 4.73 Å². The van der Waals surface area contributed by atoms with Gasteiger partial charge in [0, 0.05) is 0 Å². The molecule has 10 heavy (non-hydrogen) atoms. The van der Waals surface area contributed by atoms with E-state index in [0.29, 0.717) is 4.73 Å². The maximum atomic E-state index is 8.25. The molecule has 0 aliphatic carbocycles. The number of halogens is 1. The van der Waals surface area contributed by atoms with Crippen LogP contribution in [0.15, 0.2) is 4.73 Å². The maximum Gasteiger partial charge on any atom is 0.240 e. The summed E-state index contributed by atoms with van der Waals surface area (Å²) in [6.45, 7) is 0.158. The number of aromatic nitrogens is 3. The highest BCUT2D eigenvalue weighted by atomic mass is 79.9. The first kappa shape index (κ1) is 7.02. The third-order valence-electron chi connectivity index (χ3n) is 0.863. The molecule has 52 valence electrons. The fourth-order valence-corrected chi connectivity index (χ4v) is 0.893. The summed E-state index contributed by atoms with van der Waals surface area (Å²) < 4.78 is 1.85. The van der Waals surface area contributed by atoms with Crippen LogP contribution in [0, 0.1) is 11.3 Å². The monoisotopic (exact) mass is 201 g/mol. The minimum absolute atomic E-state index is 0.158. The Bertz CT molecular complexity index is 272. The summed E-state index contributed by atoms with van der Waals surface area (Å²) in [6, 6.07) is 1.91. The SMILES string of the molecule is N#CCn1nc(N)nc1Br. The Labute approximate surface area is 65.6 Å². The van der Waals surface area contributed by atoms with Crippen molar-refractivity contribution in [2.24, 2.45) is 0 Å². The minimum Gasteiger partial charge on any atom is -0.366 e. The van der Waals surface area contributed by atoms with Crippen molar-refractivity contribution in [3.05, 3.63) is 4.73 Å². The van der Waals surface area contributed by atoms with E-state index in [1.807, 2.05) is 6.07 Å².